The summed E-state index contributed by atoms with van der Waals surface area (Å²) in [7, 11) is 0. The minimum Gasteiger partial charge on any atom is -0.310 e. The smallest absolute Gasteiger partial charge is 0.0541 e. The Morgan fingerprint density at radius 1 is 0.355 bits per heavy atom. The fourth-order valence-corrected chi connectivity index (χ4v) is 9.66. The Morgan fingerprint density at radius 2 is 0.806 bits per heavy atom. The number of hydrogen-bond acceptors (Lipinski definition) is 1. The molecule has 0 aliphatic carbocycles. The highest BCUT2D eigenvalue weighted by atomic mass is 15.1. The molecule has 2 heteroatoms. The first-order valence-corrected chi connectivity index (χ1v) is 21.9. The van der Waals surface area contributed by atoms with Crippen LogP contribution in [0.4, 0.5) is 17.1 Å². The molecule has 0 saturated carbocycles. The van der Waals surface area contributed by atoms with Crippen molar-refractivity contribution in [1.29, 1.82) is 0 Å². The fourth-order valence-electron chi connectivity index (χ4n) is 9.66. The first-order valence-electron chi connectivity index (χ1n) is 21.9. The molecular formula is C60H50N2. The Balaban J connectivity index is 1.01. The molecule has 0 amide bonds. The molecule has 62 heavy (non-hydrogen) atoms. The van der Waals surface area contributed by atoms with Gasteiger partial charge in [-0.3, -0.25) is 0 Å². The van der Waals surface area contributed by atoms with Crippen molar-refractivity contribution in [2.24, 2.45) is 0 Å². The van der Waals surface area contributed by atoms with E-state index in [1.807, 2.05) is 0 Å². The summed E-state index contributed by atoms with van der Waals surface area (Å²) in [6.07, 6.45) is 0. The molecular weight excluding hydrogens is 749 g/mol. The van der Waals surface area contributed by atoms with Gasteiger partial charge in [-0.1, -0.05) is 187 Å². The molecule has 300 valence electrons. The van der Waals surface area contributed by atoms with Gasteiger partial charge in [-0.2, -0.15) is 0 Å². The molecule has 1 heterocycles. The van der Waals surface area contributed by atoms with Crippen LogP contribution in [0.1, 0.15) is 52.7 Å². The topological polar surface area (TPSA) is 8.17 Å². The molecule has 0 aliphatic rings. The third-order valence-corrected chi connectivity index (χ3v) is 13.0. The molecule has 0 N–H and O–H groups in total. The van der Waals surface area contributed by atoms with Crippen LogP contribution in [0.2, 0.25) is 0 Å². The van der Waals surface area contributed by atoms with Crippen molar-refractivity contribution in [2.75, 3.05) is 4.90 Å². The monoisotopic (exact) mass is 798 g/mol. The van der Waals surface area contributed by atoms with Gasteiger partial charge in [-0.05, 0) is 114 Å². The minimum absolute atomic E-state index is 0.0703. The lowest BCUT2D eigenvalue weighted by molar-refractivity contribution is 0.569. The van der Waals surface area contributed by atoms with Crippen molar-refractivity contribution < 1.29 is 0 Å². The zero-order valence-electron chi connectivity index (χ0n) is 36.4. The standard InChI is InChI=1S/C60H50N2/c1-59(2,3)45-36-44(37-46(38-45)60(4,5)6)41-22-20-39(21-23-41)40-24-30-48(31-25-40)61(47-14-8-7-9-15-47)55-34-28-42-27-33-52-56(35-29-43-26-32-51(55)57(42)58(43)52)62-53-18-12-10-16-49(53)50-17-11-13-19-54(50)62/h7-38H,1-6H3. The zero-order chi connectivity index (χ0) is 42.3. The SMILES string of the molecule is CC(C)(C)c1cc(-c2ccc(-c3ccc(N(c4ccccc4)c4ccc5ccc6c(-n7c8ccccc8c8ccccc87)ccc7ccc4c5c76)cc3)cc2)cc(C(C)(C)C)c1. The maximum absolute atomic E-state index is 2.45. The van der Waals surface area contributed by atoms with Crippen molar-refractivity contribution in [2.45, 2.75) is 52.4 Å². The van der Waals surface area contributed by atoms with Gasteiger partial charge < -0.3 is 9.47 Å². The highest BCUT2D eigenvalue weighted by molar-refractivity contribution is 6.27. The highest BCUT2D eigenvalue weighted by Crippen LogP contribution is 2.46. The fraction of sp³-hybridized carbons (Fsp3) is 0.133. The van der Waals surface area contributed by atoms with Crippen LogP contribution in [0.3, 0.4) is 0 Å². The van der Waals surface area contributed by atoms with Gasteiger partial charge in [0.05, 0.1) is 22.4 Å². The Labute approximate surface area is 364 Å². The van der Waals surface area contributed by atoms with E-state index in [-0.39, 0.29) is 10.8 Å². The maximum Gasteiger partial charge on any atom is 0.0541 e. The molecule has 0 aliphatic heterocycles. The van der Waals surface area contributed by atoms with Crippen LogP contribution >= 0.6 is 0 Å². The van der Waals surface area contributed by atoms with Gasteiger partial charge >= 0.3 is 0 Å². The van der Waals surface area contributed by atoms with Crippen LogP contribution in [-0.2, 0) is 10.8 Å². The molecule has 10 aromatic carbocycles. The molecule has 11 rings (SSSR count). The third-order valence-electron chi connectivity index (χ3n) is 13.0. The summed E-state index contributed by atoms with van der Waals surface area (Å²) < 4.78 is 2.45. The molecule has 1 aromatic heterocycles. The number of rotatable bonds is 6. The van der Waals surface area contributed by atoms with Gasteiger partial charge in [0, 0.05) is 32.9 Å². The van der Waals surface area contributed by atoms with Crippen LogP contribution in [0.15, 0.2) is 194 Å². The van der Waals surface area contributed by atoms with E-state index in [1.54, 1.807) is 0 Å². The number of aromatic nitrogens is 1. The van der Waals surface area contributed by atoms with Crippen molar-refractivity contribution in [3.05, 3.63) is 205 Å². The summed E-state index contributed by atoms with van der Waals surface area (Å²) in [5, 5.41) is 10.1. The largest absolute Gasteiger partial charge is 0.310 e. The van der Waals surface area contributed by atoms with E-state index in [1.165, 1.54) is 93.2 Å². The molecule has 0 radical (unpaired) electrons. The molecule has 11 aromatic rings. The van der Waals surface area contributed by atoms with E-state index in [0.29, 0.717) is 0 Å². The lowest BCUT2D eigenvalue weighted by Crippen LogP contribution is -2.16. The second-order valence-corrected chi connectivity index (χ2v) is 19.1. The lowest BCUT2D eigenvalue weighted by atomic mass is 9.79. The van der Waals surface area contributed by atoms with Gasteiger partial charge in [-0.25, -0.2) is 0 Å². The normalized spacial score (nSPS) is 12.4. The van der Waals surface area contributed by atoms with Crippen LogP contribution in [0, 0.1) is 0 Å². The average molecular weight is 799 g/mol. The van der Waals surface area contributed by atoms with Crippen molar-refractivity contribution in [1.82, 2.24) is 4.57 Å². The van der Waals surface area contributed by atoms with Gasteiger partial charge in [-0.15, -0.1) is 0 Å². The molecule has 0 unspecified atom stereocenters. The van der Waals surface area contributed by atoms with Crippen LogP contribution < -0.4 is 4.90 Å². The number of anilines is 3. The quantitative estimate of drug-likeness (QED) is 0.152. The number of hydrogen-bond donors (Lipinski definition) is 0. The highest BCUT2D eigenvalue weighted by Gasteiger charge is 2.23. The van der Waals surface area contributed by atoms with Crippen molar-refractivity contribution in [3.8, 4) is 27.9 Å². The second kappa shape index (κ2) is 14.2. The van der Waals surface area contributed by atoms with Crippen LogP contribution in [-0.4, -0.2) is 4.57 Å². The second-order valence-electron chi connectivity index (χ2n) is 19.1. The maximum atomic E-state index is 2.45. The summed E-state index contributed by atoms with van der Waals surface area (Å²) in [6.45, 7) is 13.8. The molecule has 0 bridgehead atoms. The number of nitrogens with zero attached hydrogens (tertiary/aromatic N) is 2. The summed E-state index contributed by atoms with van der Waals surface area (Å²) in [5.41, 5.74) is 14.8. The Hall–Kier alpha value is -7.16. The van der Waals surface area contributed by atoms with E-state index in [4.69, 9.17) is 0 Å². The number of benzene rings is 10. The predicted octanol–water partition coefficient (Wildman–Crippen LogP) is 17.1. The van der Waals surface area contributed by atoms with Crippen molar-refractivity contribution >= 4 is 71.2 Å². The summed E-state index contributed by atoms with van der Waals surface area (Å²) in [6, 6.07) is 72.2. The first kappa shape index (κ1) is 37.8. The number of fused-ring (bicyclic) bond motifs is 3. The van der Waals surface area contributed by atoms with Gasteiger partial charge in [0.2, 0.25) is 0 Å². The number of para-hydroxylation sites is 3. The first-order chi connectivity index (χ1) is 30.0. The average Bonchev–Trinajstić information content (AvgIpc) is 3.63. The van der Waals surface area contributed by atoms with E-state index in [2.05, 4.69) is 245 Å². The van der Waals surface area contributed by atoms with Crippen molar-refractivity contribution in [3.63, 3.8) is 0 Å². The van der Waals surface area contributed by atoms with E-state index in [0.717, 1.165) is 17.1 Å². The summed E-state index contributed by atoms with van der Waals surface area (Å²) in [5.74, 6) is 0. The van der Waals surface area contributed by atoms with E-state index >= 15 is 0 Å². The molecule has 0 saturated heterocycles. The zero-order valence-corrected chi connectivity index (χ0v) is 36.4. The lowest BCUT2D eigenvalue weighted by Gasteiger charge is -2.28. The van der Waals surface area contributed by atoms with Crippen LogP contribution in [0.25, 0.3) is 82.1 Å². The third kappa shape index (κ3) is 6.24. The minimum atomic E-state index is 0.0703. The Morgan fingerprint density at radius 3 is 1.39 bits per heavy atom. The van der Waals surface area contributed by atoms with Crippen LogP contribution in [0.5, 0.6) is 0 Å². The van der Waals surface area contributed by atoms with Gasteiger partial charge in [0.25, 0.3) is 0 Å². The predicted molar refractivity (Wildman–Crippen MR) is 267 cm³/mol. The molecule has 2 nitrogen and oxygen atoms in total. The molecule has 0 fully saturated rings. The Bertz CT molecular complexity index is 3360. The van der Waals surface area contributed by atoms with E-state index < -0.39 is 0 Å². The van der Waals surface area contributed by atoms with E-state index in [9.17, 15) is 0 Å². The van der Waals surface area contributed by atoms with Gasteiger partial charge in [0.1, 0.15) is 0 Å². The molecule has 0 atom stereocenters. The molecule has 0 spiro atoms. The van der Waals surface area contributed by atoms with Gasteiger partial charge in [0.15, 0.2) is 0 Å². The Kier molecular flexibility index (Phi) is 8.67. The summed E-state index contributed by atoms with van der Waals surface area (Å²) >= 11 is 0. The summed E-state index contributed by atoms with van der Waals surface area (Å²) in [4.78, 5) is 2.42.